The van der Waals surface area contributed by atoms with Crippen LogP contribution in [0, 0.1) is 35.3 Å². The molecule has 0 amide bonds. The van der Waals surface area contributed by atoms with Crippen LogP contribution in [-0.2, 0) is 23.0 Å². The molecule has 0 aliphatic heterocycles. The first-order valence-electron chi connectivity index (χ1n) is 13.6. The number of primary sulfonamides is 1. The number of thiazole rings is 1. The standard InChI is InChI=1S/C31H27F2N3O4S2/c32-24-10-9-22(14-21(24)8-6-18-2-1-3-18)27-15-23(30-35-26(17-41-30)31(37)38)28(13-19-4-5-19)36(27)16-20-7-11-29(25(33)12-20)42(34,39)40/h7,9-12,14-15,17-19H,1-5,13,16H2,(H,37,38)(H2,34,39,40). The van der Waals surface area contributed by atoms with E-state index in [0.29, 0.717) is 34.2 Å². The summed E-state index contributed by atoms with van der Waals surface area (Å²) in [5.74, 6) is 4.38. The number of carboxylic acids is 1. The number of carboxylic acid groups (broad SMARTS) is 1. The minimum Gasteiger partial charge on any atom is -0.476 e. The summed E-state index contributed by atoms with van der Waals surface area (Å²) in [4.78, 5) is 15.4. The molecule has 42 heavy (non-hydrogen) atoms. The van der Waals surface area contributed by atoms with Crippen molar-refractivity contribution in [2.45, 2.75) is 50.0 Å². The highest BCUT2D eigenvalue weighted by Gasteiger charge is 2.29. The van der Waals surface area contributed by atoms with Crippen LogP contribution < -0.4 is 5.14 Å². The summed E-state index contributed by atoms with van der Waals surface area (Å²) in [5.41, 5.74) is 3.76. The molecule has 2 aromatic heterocycles. The SMILES string of the molecule is NS(=O)(=O)c1ccc(Cn2c(-c3ccc(F)c(C#CC4CCC4)c3)cc(-c3nc(C(=O)O)cs3)c2CC2CC2)cc1F. The number of hydrogen-bond donors (Lipinski definition) is 2. The number of aromatic nitrogens is 2. The summed E-state index contributed by atoms with van der Waals surface area (Å²) in [5, 5.41) is 16.7. The van der Waals surface area contributed by atoms with Crippen LogP contribution in [0.2, 0.25) is 0 Å². The molecule has 2 heterocycles. The molecule has 2 saturated carbocycles. The quantitative estimate of drug-likeness (QED) is 0.237. The predicted molar refractivity (Wildman–Crippen MR) is 155 cm³/mol. The fraction of sp³-hybridized carbons (Fsp3) is 0.290. The monoisotopic (exact) mass is 607 g/mol. The van der Waals surface area contributed by atoms with Crippen molar-refractivity contribution in [3.8, 4) is 33.7 Å². The Hall–Kier alpha value is -3.85. The highest BCUT2D eigenvalue weighted by molar-refractivity contribution is 7.89. The average Bonchev–Trinajstić information content (AvgIpc) is 3.46. The molecule has 0 spiro atoms. The van der Waals surface area contributed by atoms with E-state index < -0.39 is 32.5 Å². The third-order valence-corrected chi connectivity index (χ3v) is 9.58. The first-order valence-corrected chi connectivity index (χ1v) is 16.0. The van der Waals surface area contributed by atoms with Crippen molar-refractivity contribution >= 4 is 27.3 Å². The molecule has 2 fully saturated rings. The number of carbonyl (C=O) groups is 1. The van der Waals surface area contributed by atoms with Crippen LogP contribution in [-0.4, -0.2) is 29.0 Å². The minimum atomic E-state index is -4.23. The van der Waals surface area contributed by atoms with Gasteiger partial charge in [0, 0.05) is 34.8 Å². The molecular formula is C31H27F2N3O4S2. The van der Waals surface area contributed by atoms with E-state index in [2.05, 4.69) is 16.8 Å². The maximum Gasteiger partial charge on any atom is 0.355 e. The molecule has 216 valence electrons. The van der Waals surface area contributed by atoms with Crippen LogP contribution in [0.3, 0.4) is 0 Å². The lowest BCUT2D eigenvalue weighted by Gasteiger charge is -2.18. The van der Waals surface area contributed by atoms with Gasteiger partial charge in [0.1, 0.15) is 21.5 Å². The zero-order valence-electron chi connectivity index (χ0n) is 22.4. The van der Waals surface area contributed by atoms with Gasteiger partial charge in [0.2, 0.25) is 10.0 Å². The summed E-state index contributed by atoms with van der Waals surface area (Å²) in [6.07, 6.45) is 5.93. The third-order valence-electron chi connectivity index (χ3n) is 7.76. The van der Waals surface area contributed by atoms with Gasteiger partial charge in [-0.25, -0.2) is 32.1 Å². The summed E-state index contributed by atoms with van der Waals surface area (Å²) < 4.78 is 55.2. The summed E-state index contributed by atoms with van der Waals surface area (Å²) in [6, 6.07) is 10.5. The van der Waals surface area contributed by atoms with Crippen molar-refractivity contribution in [1.82, 2.24) is 9.55 Å². The Labute approximate surface area is 246 Å². The van der Waals surface area contributed by atoms with Crippen LogP contribution in [0.25, 0.3) is 21.8 Å². The van der Waals surface area contributed by atoms with Crippen LogP contribution in [0.4, 0.5) is 8.78 Å². The lowest BCUT2D eigenvalue weighted by atomic mass is 9.86. The van der Waals surface area contributed by atoms with E-state index in [4.69, 9.17) is 5.14 Å². The zero-order valence-corrected chi connectivity index (χ0v) is 24.1. The Morgan fingerprint density at radius 2 is 1.88 bits per heavy atom. The molecule has 2 aromatic carbocycles. The van der Waals surface area contributed by atoms with Gasteiger partial charge in [0.25, 0.3) is 0 Å². The van der Waals surface area contributed by atoms with Gasteiger partial charge in [0.15, 0.2) is 5.69 Å². The smallest absolute Gasteiger partial charge is 0.355 e. The molecule has 11 heteroatoms. The highest BCUT2D eigenvalue weighted by Crippen LogP contribution is 2.41. The van der Waals surface area contributed by atoms with Gasteiger partial charge in [-0.15, -0.1) is 11.3 Å². The van der Waals surface area contributed by atoms with Gasteiger partial charge in [-0.1, -0.05) is 24.3 Å². The van der Waals surface area contributed by atoms with E-state index in [1.165, 1.54) is 28.8 Å². The first kappa shape index (κ1) is 28.3. The molecule has 2 aliphatic carbocycles. The molecule has 0 radical (unpaired) electrons. The molecule has 6 rings (SSSR count). The van der Waals surface area contributed by atoms with E-state index in [1.54, 1.807) is 12.1 Å². The molecule has 7 nitrogen and oxygen atoms in total. The van der Waals surface area contributed by atoms with Gasteiger partial charge < -0.3 is 9.67 Å². The van der Waals surface area contributed by atoms with E-state index in [0.717, 1.165) is 55.5 Å². The van der Waals surface area contributed by atoms with Crippen molar-refractivity contribution in [2.75, 3.05) is 0 Å². The van der Waals surface area contributed by atoms with Crippen LogP contribution >= 0.6 is 11.3 Å². The van der Waals surface area contributed by atoms with Crippen LogP contribution in [0.1, 0.15) is 59.4 Å². The zero-order chi connectivity index (χ0) is 29.6. The van der Waals surface area contributed by atoms with Crippen LogP contribution in [0.5, 0.6) is 0 Å². The molecule has 0 saturated heterocycles. The number of benzene rings is 2. The Bertz CT molecular complexity index is 1880. The molecule has 3 N–H and O–H groups in total. The fourth-order valence-electron chi connectivity index (χ4n) is 5.07. The number of aromatic carboxylic acids is 1. The van der Waals surface area contributed by atoms with Gasteiger partial charge in [-0.05, 0) is 85.5 Å². The van der Waals surface area contributed by atoms with Crippen LogP contribution in [0.15, 0.2) is 52.7 Å². The van der Waals surface area contributed by atoms with Crippen molar-refractivity contribution < 1.29 is 27.1 Å². The lowest BCUT2D eigenvalue weighted by Crippen LogP contribution is -2.14. The molecule has 2 aliphatic rings. The van der Waals surface area contributed by atoms with Crippen molar-refractivity contribution in [1.29, 1.82) is 0 Å². The minimum absolute atomic E-state index is 0.0577. The number of halogens is 2. The van der Waals surface area contributed by atoms with E-state index in [-0.39, 0.29) is 23.7 Å². The largest absolute Gasteiger partial charge is 0.476 e. The number of nitrogens with two attached hydrogens (primary N) is 1. The maximum absolute atomic E-state index is 14.8. The second-order valence-corrected chi connectivity index (χ2v) is 13.3. The van der Waals surface area contributed by atoms with Gasteiger partial charge in [-0.3, -0.25) is 0 Å². The number of nitrogens with zero attached hydrogens (tertiary/aromatic N) is 2. The molecule has 4 aromatic rings. The van der Waals surface area contributed by atoms with E-state index >= 15 is 0 Å². The highest BCUT2D eigenvalue weighted by atomic mass is 32.2. The maximum atomic E-state index is 14.8. The second-order valence-electron chi connectivity index (χ2n) is 10.9. The molecule has 0 unspecified atom stereocenters. The molecule has 0 atom stereocenters. The fourth-order valence-corrected chi connectivity index (χ4v) is 6.49. The number of sulfonamides is 1. The Balaban J connectivity index is 1.50. The normalized spacial score (nSPS) is 15.2. The van der Waals surface area contributed by atoms with Gasteiger partial charge in [-0.2, -0.15) is 0 Å². The molecule has 0 bridgehead atoms. The van der Waals surface area contributed by atoms with Crippen molar-refractivity contribution in [3.63, 3.8) is 0 Å². The topological polar surface area (TPSA) is 115 Å². The first-order chi connectivity index (χ1) is 20.1. The van der Waals surface area contributed by atoms with Crippen molar-refractivity contribution in [2.24, 2.45) is 17.0 Å². The predicted octanol–water partition coefficient (Wildman–Crippen LogP) is 6.05. The van der Waals surface area contributed by atoms with E-state index in [1.807, 2.05) is 10.6 Å². The lowest BCUT2D eigenvalue weighted by molar-refractivity contribution is 0.0691. The van der Waals surface area contributed by atoms with Gasteiger partial charge >= 0.3 is 5.97 Å². The Morgan fingerprint density at radius 1 is 1.10 bits per heavy atom. The average molecular weight is 608 g/mol. The Kier molecular flexibility index (Phi) is 7.47. The third kappa shape index (κ3) is 5.88. The number of hydrogen-bond acceptors (Lipinski definition) is 5. The molecular weight excluding hydrogens is 580 g/mol. The number of rotatable bonds is 8. The Morgan fingerprint density at radius 3 is 2.50 bits per heavy atom. The summed E-state index contributed by atoms with van der Waals surface area (Å²) >= 11 is 1.22. The van der Waals surface area contributed by atoms with E-state index in [9.17, 15) is 27.1 Å². The van der Waals surface area contributed by atoms with Crippen molar-refractivity contribution in [3.05, 3.63) is 82.0 Å². The van der Waals surface area contributed by atoms with Gasteiger partial charge in [0.05, 0.1) is 5.56 Å². The summed E-state index contributed by atoms with van der Waals surface area (Å²) in [6.45, 7) is 0.177. The second kappa shape index (κ2) is 11.1. The summed E-state index contributed by atoms with van der Waals surface area (Å²) in [7, 11) is -4.23.